The fraction of sp³-hybridized carbons (Fsp3) is 0.212. The van der Waals surface area contributed by atoms with Gasteiger partial charge >= 0.3 is 0 Å². The molecular weight excluding hydrogens is 503 g/mol. The molecule has 0 unspecified atom stereocenters. The molecule has 2 N–H and O–H groups in total. The summed E-state index contributed by atoms with van der Waals surface area (Å²) < 4.78 is 19.6. The van der Waals surface area contributed by atoms with Gasteiger partial charge in [-0.05, 0) is 78.6 Å². The molecule has 6 rings (SSSR count). The number of halogens is 1. The third kappa shape index (κ3) is 5.02. The first-order valence-electron chi connectivity index (χ1n) is 13.7. The van der Waals surface area contributed by atoms with E-state index in [0.29, 0.717) is 31.0 Å². The van der Waals surface area contributed by atoms with E-state index in [4.69, 9.17) is 4.74 Å². The normalized spacial score (nSPS) is 13.0. The molecule has 40 heavy (non-hydrogen) atoms. The minimum Gasteiger partial charge on any atom is -0.491 e. The third-order valence-corrected chi connectivity index (χ3v) is 7.36. The molecule has 202 valence electrons. The molecule has 0 radical (unpaired) electrons. The number of anilines is 1. The molecule has 1 aliphatic rings. The number of ether oxygens (including phenoxy) is 1. The summed E-state index contributed by atoms with van der Waals surface area (Å²) in [6.45, 7) is 6.43. The van der Waals surface area contributed by atoms with E-state index in [9.17, 15) is 9.18 Å². The van der Waals surface area contributed by atoms with Crippen LogP contribution in [0.2, 0.25) is 0 Å². The highest BCUT2D eigenvalue weighted by Gasteiger charge is 2.23. The van der Waals surface area contributed by atoms with Gasteiger partial charge in [0, 0.05) is 35.5 Å². The molecule has 6 nitrogen and oxygen atoms in total. The highest BCUT2D eigenvalue weighted by Crippen LogP contribution is 2.31. The van der Waals surface area contributed by atoms with Crippen molar-refractivity contribution in [3.63, 3.8) is 0 Å². The number of nitrogens with zero attached hydrogens (tertiary/aromatic N) is 2. The summed E-state index contributed by atoms with van der Waals surface area (Å²) in [6, 6.07) is 24.8. The van der Waals surface area contributed by atoms with E-state index >= 15 is 0 Å². The van der Waals surface area contributed by atoms with Crippen LogP contribution >= 0.6 is 0 Å². The van der Waals surface area contributed by atoms with Gasteiger partial charge in [-0.1, -0.05) is 37.3 Å². The second kappa shape index (κ2) is 10.8. The van der Waals surface area contributed by atoms with Gasteiger partial charge in [0.1, 0.15) is 24.0 Å². The second-order valence-electron chi connectivity index (χ2n) is 9.98. The number of aromatic nitrogens is 2. The van der Waals surface area contributed by atoms with Crippen molar-refractivity contribution in [2.45, 2.75) is 26.8 Å². The molecule has 5 aromatic rings. The Balaban J connectivity index is 1.24. The highest BCUT2D eigenvalue weighted by molar-refractivity contribution is 5.96. The standard InChI is InChI=1S/C33H31FN4O2/c1-3-21-18-27(35-4-2)11-12-28(21)33(39)38-15-16-40-31-14-9-24(17-25(31)20-38)22-5-7-23(8-6-22)32-36-29-13-10-26(34)19-30(29)37-32/h5-14,17-19,35H,3-4,15-16,20H2,1-2H3,(H,36,37). The van der Waals surface area contributed by atoms with E-state index in [1.54, 1.807) is 6.07 Å². The quantitative estimate of drug-likeness (QED) is 0.245. The zero-order valence-electron chi connectivity index (χ0n) is 22.6. The van der Waals surface area contributed by atoms with Crippen LogP contribution in [-0.4, -0.2) is 40.5 Å². The molecule has 1 aliphatic heterocycles. The summed E-state index contributed by atoms with van der Waals surface area (Å²) >= 11 is 0. The lowest BCUT2D eigenvalue weighted by atomic mass is 10.00. The molecule has 4 aromatic carbocycles. The van der Waals surface area contributed by atoms with Gasteiger partial charge in [0.25, 0.3) is 5.91 Å². The van der Waals surface area contributed by atoms with Crippen LogP contribution in [0.25, 0.3) is 33.5 Å². The number of hydrogen-bond donors (Lipinski definition) is 2. The predicted molar refractivity (Wildman–Crippen MR) is 157 cm³/mol. The smallest absolute Gasteiger partial charge is 0.254 e. The van der Waals surface area contributed by atoms with E-state index in [1.807, 2.05) is 53.4 Å². The fourth-order valence-electron chi connectivity index (χ4n) is 5.27. The molecule has 0 bridgehead atoms. The summed E-state index contributed by atoms with van der Waals surface area (Å²) in [4.78, 5) is 23.3. The van der Waals surface area contributed by atoms with Crippen LogP contribution in [-0.2, 0) is 13.0 Å². The number of benzene rings is 4. The predicted octanol–water partition coefficient (Wildman–Crippen LogP) is 7.07. The van der Waals surface area contributed by atoms with Gasteiger partial charge in [-0.15, -0.1) is 0 Å². The number of imidazole rings is 1. The van der Waals surface area contributed by atoms with Crippen molar-refractivity contribution in [1.29, 1.82) is 0 Å². The molecular formula is C33H31FN4O2. The van der Waals surface area contributed by atoms with Gasteiger partial charge < -0.3 is 19.9 Å². The van der Waals surface area contributed by atoms with Gasteiger partial charge in [-0.2, -0.15) is 0 Å². The van der Waals surface area contributed by atoms with Gasteiger partial charge in [0.15, 0.2) is 0 Å². The van der Waals surface area contributed by atoms with Crippen LogP contribution in [0, 0.1) is 5.82 Å². The Morgan fingerprint density at radius 3 is 2.58 bits per heavy atom. The molecule has 7 heteroatoms. The zero-order valence-corrected chi connectivity index (χ0v) is 22.6. The molecule has 1 aromatic heterocycles. The highest BCUT2D eigenvalue weighted by atomic mass is 19.1. The summed E-state index contributed by atoms with van der Waals surface area (Å²) in [6.07, 6.45) is 0.784. The monoisotopic (exact) mass is 534 g/mol. The summed E-state index contributed by atoms with van der Waals surface area (Å²) in [5.41, 5.74) is 8.20. The van der Waals surface area contributed by atoms with E-state index < -0.39 is 0 Å². The lowest BCUT2D eigenvalue weighted by molar-refractivity contribution is 0.0732. The van der Waals surface area contributed by atoms with Crippen LogP contribution in [0.15, 0.2) is 78.9 Å². The number of carbonyl (C=O) groups is 1. The Morgan fingerprint density at radius 1 is 0.975 bits per heavy atom. The number of aryl methyl sites for hydroxylation is 1. The lowest BCUT2D eigenvalue weighted by Crippen LogP contribution is -2.33. The number of rotatable bonds is 6. The van der Waals surface area contributed by atoms with Crippen molar-refractivity contribution < 1.29 is 13.9 Å². The number of amides is 1. The van der Waals surface area contributed by atoms with Crippen molar-refractivity contribution in [3.8, 4) is 28.3 Å². The number of carbonyl (C=O) groups excluding carboxylic acids is 1. The van der Waals surface area contributed by atoms with Gasteiger partial charge in [0.05, 0.1) is 17.6 Å². The van der Waals surface area contributed by atoms with Crippen LogP contribution in [0.3, 0.4) is 0 Å². The first-order valence-corrected chi connectivity index (χ1v) is 13.7. The average Bonchev–Trinajstić information content (AvgIpc) is 3.28. The number of H-pyrrole nitrogens is 1. The van der Waals surface area contributed by atoms with Crippen LogP contribution in [0.4, 0.5) is 10.1 Å². The maximum Gasteiger partial charge on any atom is 0.254 e. The van der Waals surface area contributed by atoms with Crippen molar-refractivity contribution >= 4 is 22.6 Å². The Kier molecular flexibility index (Phi) is 6.95. The van der Waals surface area contributed by atoms with Crippen molar-refractivity contribution in [2.75, 3.05) is 25.0 Å². The van der Waals surface area contributed by atoms with Gasteiger partial charge in [0.2, 0.25) is 0 Å². The van der Waals surface area contributed by atoms with Crippen molar-refractivity contribution in [3.05, 3.63) is 101 Å². The van der Waals surface area contributed by atoms with E-state index in [2.05, 4.69) is 41.3 Å². The molecule has 0 fully saturated rings. The Labute approximate surface area is 232 Å². The SMILES string of the molecule is CCNc1ccc(C(=O)N2CCOc3ccc(-c4ccc(-c5nc6ccc(F)cc6[nH]5)cc4)cc3C2)c(CC)c1. The number of aromatic amines is 1. The van der Waals surface area contributed by atoms with E-state index in [-0.39, 0.29) is 11.7 Å². The molecule has 0 saturated heterocycles. The third-order valence-electron chi connectivity index (χ3n) is 7.36. The maximum absolute atomic E-state index is 13.6. The molecule has 0 saturated carbocycles. The molecule has 2 heterocycles. The van der Waals surface area contributed by atoms with E-state index in [0.717, 1.165) is 63.3 Å². The summed E-state index contributed by atoms with van der Waals surface area (Å²) in [5, 5.41) is 3.33. The summed E-state index contributed by atoms with van der Waals surface area (Å²) in [5.74, 6) is 1.24. The topological polar surface area (TPSA) is 70.2 Å². The van der Waals surface area contributed by atoms with Crippen LogP contribution < -0.4 is 10.1 Å². The first kappa shape index (κ1) is 25.6. The average molecular weight is 535 g/mol. The minimum atomic E-state index is -0.293. The largest absolute Gasteiger partial charge is 0.491 e. The zero-order chi connectivity index (χ0) is 27.6. The molecule has 1 amide bonds. The van der Waals surface area contributed by atoms with Crippen molar-refractivity contribution in [2.24, 2.45) is 0 Å². The summed E-state index contributed by atoms with van der Waals surface area (Å²) in [7, 11) is 0. The Hall–Kier alpha value is -4.65. The lowest BCUT2D eigenvalue weighted by Gasteiger charge is -2.22. The molecule has 0 atom stereocenters. The molecule has 0 aliphatic carbocycles. The van der Waals surface area contributed by atoms with Crippen LogP contribution in [0.1, 0.15) is 35.3 Å². The second-order valence-corrected chi connectivity index (χ2v) is 9.98. The number of fused-ring (bicyclic) bond motifs is 2. The number of nitrogens with one attached hydrogen (secondary N) is 2. The van der Waals surface area contributed by atoms with Crippen molar-refractivity contribution in [1.82, 2.24) is 14.9 Å². The van der Waals surface area contributed by atoms with Gasteiger partial charge in [-0.3, -0.25) is 4.79 Å². The fourth-order valence-corrected chi connectivity index (χ4v) is 5.27. The number of hydrogen-bond acceptors (Lipinski definition) is 4. The Morgan fingerprint density at radius 2 is 1.77 bits per heavy atom. The minimum absolute atomic E-state index is 0.0248. The Bertz CT molecular complexity index is 1690. The van der Waals surface area contributed by atoms with E-state index in [1.165, 1.54) is 12.1 Å². The first-order chi connectivity index (χ1) is 19.5. The molecule has 0 spiro atoms. The van der Waals surface area contributed by atoms with Crippen LogP contribution in [0.5, 0.6) is 5.75 Å². The maximum atomic E-state index is 13.6. The van der Waals surface area contributed by atoms with Gasteiger partial charge in [-0.25, -0.2) is 9.37 Å².